The van der Waals surface area contributed by atoms with Crippen molar-refractivity contribution in [1.82, 2.24) is 0 Å². The highest BCUT2D eigenvalue weighted by Crippen LogP contribution is 2.24. The lowest BCUT2D eigenvalue weighted by Crippen LogP contribution is -2.19. The van der Waals surface area contributed by atoms with E-state index in [4.69, 9.17) is 18.0 Å². The first-order valence-electron chi connectivity index (χ1n) is 5.52. The van der Waals surface area contributed by atoms with Gasteiger partial charge in [-0.3, -0.25) is 0 Å². The van der Waals surface area contributed by atoms with Gasteiger partial charge in [0.25, 0.3) is 0 Å². The van der Waals surface area contributed by atoms with E-state index in [0.29, 0.717) is 11.6 Å². The molecule has 1 aromatic carbocycles. The lowest BCUT2D eigenvalue weighted by Gasteiger charge is -2.16. The van der Waals surface area contributed by atoms with Crippen LogP contribution in [0.15, 0.2) is 18.2 Å². The molecule has 0 saturated heterocycles. The minimum Gasteiger partial charge on any atom is -0.389 e. The van der Waals surface area contributed by atoms with Gasteiger partial charge in [-0.05, 0) is 31.0 Å². The maximum absolute atomic E-state index is 13.1. The average molecular weight is 238 g/mol. The Bertz CT molecular complexity index is 400. The highest BCUT2D eigenvalue weighted by atomic mass is 32.1. The smallest absolute Gasteiger partial charge is 0.124 e. The fourth-order valence-electron chi connectivity index (χ4n) is 2.14. The number of rotatable bonds is 3. The summed E-state index contributed by atoms with van der Waals surface area (Å²) in [5.41, 5.74) is 7.03. The van der Waals surface area contributed by atoms with Crippen molar-refractivity contribution in [3.05, 3.63) is 29.6 Å². The molecular weight excluding hydrogens is 223 g/mol. The summed E-state index contributed by atoms with van der Waals surface area (Å²) in [6.07, 6.45) is 4.82. The van der Waals surface area contributed by atoms with E-state index in [-0.39, 0.29) is 10.8 Å². The molecule has 4 heteroatoms. The Labute approximate surface area is 100 Å². The summed E-state index contributed by atoms with van der Waals surface area (Å²) in [6.45, 7) is 0. The van der Waals surface area contributed by atoms with Crippen LogP contribution in [0, 0.1) is 5.82 Å². The SMILES string of the molecule is NC(=S)c1cc(F)ccc1NC1CCCC1. The van der Waals surface area contributed by atoms with Crippen molar-refractivity contribution in [2.24, 2.45) is 5.73 Å². The molecule has 16 heavy (non-hydrogen) atoms. The van der Waals surface area contributed by atoms with Crippen LogP contribution in [0.2, 0.25) is 0 Å². The molecule has 2 rings (SSSR count). The standard InChI is InChI=1S/C12H15FN2S/c13-8-5-6-11(10(7-8)12(14)16)15-9-3-1-2-4-9/h5-7,9,15H,1-4H2,(H2,14,16). The zero-order valence-electron chi connectivity index (χ0n) is 9.00. The molecule has 0 atom stereocenters. The molecule has 0 unspecified atom stereocenters. The molecule has 0 aliphatic heterocycles. The van der Waals surface area contributed by atoms with Gasteiger partial charge < -0.3 is 11.1 Å². The molecule has 0 amide bonds. The number of anilines is 1. The quantitative estimate of drug-likeness (QED) is 0.795. The van der Waals surface area contributed by atoms with Gasteiger partial charge in [0.05, 0.1) is 0 Å². The number of nitrogens with two attached hydrogens (primary N) is 1. The van der Waals surface area contributed by atoms with Crippen LogP contribution in [0.3, 0.4) is 0 Å². The summed E-state index contributed by atoms with van der Waals surface area (Å²) >= 11 is 4.92. The van der Waals surface area contributed by atoms with Crippen LogP contribution >= 0.6 is 12.2 Å². The Kier molecular flexibility index (Phi) is 3.39. The van der Waals surface area contributed by atoms with Gasteiger partial charge in [0.15, 0.2) is 0 Å². The molecule has 0 heterocycles. The first-order valence-corrected chi connectivity index (χ1v) is 5.93. The van der Waals surface area contributed by atoms with E-state index in [1.54, 1.807) is 6.07 Å². The molecule has 0 aromatic heterocycles. The number of hydrogen-bond donors (Lipinski definition) is 2. The second-order valence-corrected chi connectivity index (χ2v) is 4.62. The van der Waals surface area contributed by atoms with Gasteiger partial charge in [-0.1, -0.05) is 25.1 Å². The van der Waals surface area contributed by atoms with Crippen molar-refractivity contribution >= 4 is 22.9 Å². The van der Waals surface area contributed by atoms with E-state index in [1.165, 1.54) is 25.0 Å². The fourth-order valence-corrected chi connectivity index (χ4v) is 2.31. The summed E-state index contributed by atoms with van der Waals surface area (Å²) in [5.74, 6) is -0.306. The molecular formula is C12H15FN2S. The Morgan fingerprint density at radius 3 is 2.69 bits per heavy atom. The van der Waals surface area contributed by atoms with Crippen LogP contribution in [0.1, 0.15) is 31.2 Å². The van der Waals surface area contributed by atoms with Crippen molar-refractivity contribution < 1.29 is 4.39 Å². The van der Waals surface area contributed by atoms with Gasteiger partial charge in [-0.2, -0.15) is 0 Å². The van der Waals surface area contributed by atoms with Crippen molar-refractivity contribution in [1.29, 1.82) is 0 Å². The zero-order valence-corrected chi connectivity index (χ0v) is 9.82. The van der Waals surface area contributed by atoms with E-state index < -0.39 is 0 Å². The van der Waals surface area contributed by atoms with Gasteiger partial charge in [0, 0.05) is 17.3 Å². The van der Waals surface area contributed by atoms with E-state index in [0.717, 1.165) is 18.5 Å². The third kappa shape index (κ3) is 2.50. The van der Waals surface area contributed by atoms with Crippen molar-refractivity contribution in [2.45, 2.75) is 31.7 Å². The molecule has 2 nitrogen and oxygen atoms in total. The average Bonchev–Trinajstić information content (AvgIpc) is 2.73. The molecule has 86 valence electrons. The molecule has 3 N–H and O–H groups in total. The summed E-state index contributed by atoms with van der Waals surface area (Å²) in [7, 11) is 0. The summed E-state index contributed by atoms with van der Waals surface area (Å²) in [6, 6.07) is 5.00. The van der Waals surface area contributed by atoms with E-state index in [9.17, 15) is 4.39 Å². The maximum atomic E-state index is 13.1. The third-order valence-electron chi connectivity index (χ3n) is 2.96. The van der Waals surface area contributed by atoms with Crippen LogP contribution in [0.4, 0.5) is 10.1 Å². The first-order chi connectivity index (χ1) is 7.66. The Morgan fingerprint density at radius 2 is 2.06 bits per heavy atom. The second kappa shape index (κ2) is 4.78. The fraction of sp³-hybridized carbons (Fsp3) is 0.417. The highest BCUT2D eigenvalue weighted by Gasteiger charge is 2.16. The molecule has 1 saturated carbocycles. The summed E-state index contributed by atoms with van der Waals surface area (Å²) < 4.78 is 13.1. The molecule has 1 aromatic rings. The molecule has 1 aliphatic rings. The third-order valence-corrected chi connectivity index (χ3v) is 3.18. The number of hydrogen-bond acceptors (Lipinski definition) is 2. The summed E-state index contributed by atoms with van der Waals surface area (Å²) in [4.78, 5) is 0.236. The van der Waals surface area contributed by atoms with E-state index in [1.807, 2.05) is 0 Å². The van der Waals surface area contributed by atoms with Crippen LogP contribution < -0.4 is 11.1 Å². The van der Waals surface area contributed by atoms with Gasteiger partial charge in [-0.15, -0.1) is 0 Å². The van der Waals surface area contributed by atoms with Crippen LogP contribution in [-0.4, -0.2) is 11.0 Å². The van der Waals surface area contributed by atoms with Crippen molar-refractivity contribution in [3.63, 3.8) is 0 Å². The molecule has 1 fully saturated rings. The second-order valence-electron chi connectivity index (χ2n) is 4.18. The van der Waals surface area contributed by atoms with Crippen molar-refractivity contribution in [3.8, 4) is 0 Å². The van der Waals surface area contributed by atoms with E-state index in [2.05, 4.69) is 5.32 Å². The number of halogens is 1. The minimum absolute atomic E-state index is 0.236. The predicted molar refractivity (Wildman–Crippen MR) is 68.2 cm³/mol. The molecule has 0 radical (unpaired) electrons. The minimum atomic E-state index is -0.306. The van der Waals surface area contributed by atoms with Crippen molar-refractivity contribution in [2.75, 3.05) is 5.32 Å². The molecule has 0 bridgehead atoms. The van der Waals surface area contributed by atoms with Gasteiger partial charge in [-0.25, -0.2) is 4.39 Å². The molecule has 0 spiro atoms. The number of nitrogens with one attached hydrogen (secondary N) is 1. The number of thiocarbonyl (C=S) groups is 1. The lowest BCUT2D eigenvalue weighted by molar-refractivity contribution is 0.627. The zero-order chi connectivity index (χ0) is 11.5. The highest BCUT2D eigenvalue weighted by molar-refractivity contribution is 7.80. The van der Waals surface area contributed by atoms with Crippen LogP contribution in [-0.2, 0) is 0 Å². The van der Waals surface area contributed by atoms with Gasteiger partial charge in [0.1, 0.15) is 10.8 Å². The normalized spacial score (nSPS) is 16.3. The largest absolute Gasteiger partial charge is 0.389 e. The lowest BCUT2D eigenvalue weighted by atomic mass is 10.1. The maximum Gasteiger partial charge on any atom is 0.124 e. The number of benzene rings is 1. The first kappa shape index (κ1) is 11.3. The molecule has 1 aliphatic carbocycles. The van der Waals surface area contributed by atoms with Gasteiger partial charge in [0.2, 0.25) is 0 Å². The van der Waals surface area contributed by atoms with Gasteiger partial charge >= 0.3 is 0 Å². The Balaban J connectivity index is 2.21. The Hall–Kier alpha value is -1.16. The monoisotopic (exact) mass is 238 g/mol. The van der Waals surface area contributed by atoms with Crippen LogP contribution in [0.25, 0.3) is 0 Å². The predicted octanol–water partition coefficient (Wildman–Crippen LogP) is 2.81. The van der Waals surface area contributed by atoms with Crippen LogP contribution in [0.5, 0.6) is 0 Å². The summed E-state index contributed by atoms with van der Waals surface area (Å²) in [5, 5.41) is 3.38. The Morgan fingerprint density at radius 1 is 1.38 bits per heavy atom. The van der Waals surface area contributed by atoms with E-state index >= 15 is 0 Å². The topological polar surface area (TPSA) is 38.0 Å².